The molecule has 0 saturated carbocycles. The van der Waals surface area contributed by atoms with Crippen LogP contribution in [0.25, 0.3) is 5.69 Å². The van der Waals surface area contributed by atoms with Gasteiger partial charge >= 0.3 is 0 Å². The van der Waals surface area contributed by atoms with Crippen LogP contribution in [0.4, 0.5) is 0 Å². The van der Waals surface area contributed by atoms with Crippen LogP contribution < -0.4 is 4.72 Å². The zero-order valence-electron chi connectivity index (χ0n) is 14.3. The van der Waals surface area contributed by atoms with Crippen LogP contribution in [0.1, 0.15) is 35.8 Å². The van der Waals surface area contributed by atoms with Gasteiger partial charge in [0.25, 0.3) is 0 Å². The van der Waals surface area contributed by atoms with Gasteiger partial charge in [-0.15, -0.1) is 0 Å². The molecule has 0 fully saturated rings. The van der Waals surface area contributed by atoms with Crippen molar-refractivity contribution in [3.05, 3.63) is 72.3 Å². The number of rotatable bonds is 6. The lowest BCUT2D eigenvalue weighted by atomic mass is 10.1. The number of carbonyl (C=O) groups excluding carboxylic acids is 1. The lowest BCUT2D eigenvalue weighted by molar-refractivity contribution is 0.101. The summed E-state index contributed by atoms with van der Waals surface area (Å²) in [6.07, 6.45) is 3.03. The second-order valence-electron chi connectivity index (χ2n) is 5.86. The van der Waals surface area contributed by atoms with Crippen LogP contribution >= 0.6 is 0 Å². The molecule has 26 heavy (non-hydrogen) atoms. The van der Waals surface area contributed by atoms with E-state index >= 15 is 0 Å². The summed E-state index contributed by atoms with van der Waals surface area (Å²) in [5.74, 6) is -0.182. The van der Waals surface area contributed by atoms with Crippen molar-refractivity contribution in [2.75, 3.05) is 0 Å². The average molecular weight is 370 g/mol. The highest BCUT2D eigenvalue weighted by molar-refractivity contribution is 7.89. The van der Waals surface area contributed by atoms with E-state index in [9.17, 15) is 13.2 Å². The molecular weight excluding hydrogens is 352 g/mol. The van der Waals surface area contributed by atoms with Crippen molar-refractivity contribution in [2.24, 2.45) is 0 Å². The number of Topliss-reactive ketones (excluding diaryl/α,β-unsaturated/α-hetero) is 1. The third-order valence-corrected chi connectivity index (χ3v) is 5.50. The van der Waals surface area contributed by atoms with E-state index in [-0.39, 0.29) is 10.7 Å². The van der Waals surface area contributed by atoms with Crippen LogP contribution in [-0.4, -0.2) is 29.0 Å². The predicted octanol–water partition coefficient (Wildman–Crippen LogP) is 2.51. The molecule has 134 valence electrons. The molecule has 1 N–H and O–H groups in total. The molecule has 0 bridgehead atoms. The van der Waals surface area contributed by atoms with E-state index in [2.05, 4.69) is 14.8 Å². The van der Waals surface area contributed by atoms with Gasteiger partial charge in [0.15, 0.2) is 5.78 Å². The fourth-order valence-electron chi connectivity index (χ4n) is 2.51. The van der Waals surface area contributed by atoms with Crippen LogP contribution in [0.5, 0.6) is 0 Å². The Balaban J connectivity index is 1.79. The first-order chi connectivity index (χ1) is 12.4. The molecule has 7 nitrogen and oxygen atoms in total. The molecule has 0 aliphatic carbocycles. The maximum Gasteiger partial charge on any atom is 0.241 e. The van der Waals surface area contributed by atoms with Crippen LogP contribution in [0.15, 0.2) is 66.1 Å². The second-order valence-corrected chi connectivity index (χ2v) is 7.57. The molecule has 1 aromatic heterocycles. The lowest BCUT2D eigenvalue weighted by Crippen LogP contribution is -2.27. The quantitative estimate of drug-likeness (QED) is 0.673. The zero-order chi connectivity index (χ0) is 18.7. The Morgan fingerprint density at radius 3 is 2.50 bits per heavy atom. The van der Waals surface area contributed by atoms with E-state index in [1.54, 1.807) is 30.1 Å². The number of aromatic nitrogens is 3. The third-order valence-electron chi connectivity index (χ3n) is 3.96. The molecule has 8 heteroatoms. The van der Waals surface area contributed by atoms with Crippen molar-refractivity contribution in [1.29, 1.82) is 0 Å². The van der Waals surface area contributed by atoms with Gasteiger partial charge in [-0.2, -0.15) is 5.10 Å². The Hall–Kier alpha value is -2.84. The van der Waals surface area contributed by atoms with E-state index in [4.69, 9.17) is 0 Å². The van der Waals surface area contributed by atoms with Gasteiger partial charge in [-0.05, 0) is 43.7 Å². The second kappa shape index (κ2) is 7.19. The van der Waals surface area contributed by atoms with Crippen molar-refractivity contribution in [3.63, 3.8) is 0 Å². The molecule has 0 aliphatic rings. The van der Waals surface area contributed by atoms with Crippen molar-refractivity contribution in [3.8, 4) is 5.69 Å². The van der Waals surface area contributed by atoms with Crippen molar-refractivity contribution in [1.82, 2.24) is 19.5 Å². The molecule has 3 rings (SSSR count). The number of nitrogens with zero attached hydrogens (tertiary/aromatic N) is 3. The fraction of sp³-hybridized carbons (Fsp3) is 0.167. The molecule has 0 amide bonds. The monoisotopic (exact) mass is 370 g/mol. The summed E-state index contributed by atoms with van der Waals surface area (Å²) in [5, 5.41) is 4.05. The minimum atomic E-state index is -3.75. The summed E-state index contributed by atoms with van der Waals surface area (Å²) in [5.41, 5.74) is 1.99. The molecule has 0 radical (unpaired) electrons. The highest BCUT2D eigenvalue weighted by Gasteiger charge is 2.19. The highest BCUT2D eigenvalue weighted by Crippen LogP contribution is 2.19. The molecule has 3 aromatic rings. The number of benzene rings is 2. The highest BCUT2D eigenvalue weighted by atomic mass is 32.2. The first kappa shape index (κ1) is 18.0. The number of hydrogen-bond acceptors (Lipinski definition) is 5. The van der Waals surface area contributed by atoms with Gasteiger partial charge in [-0.1, -0.05) is 24.3 Å². The largest absolute Gasteiger partial charge is 0.295 e. The first-order valence-electron chi connectivity index (χ1n) is 7.95. The van der Waals surface area contributed by atoms with E-state index in [0.717, 1.165) is 11.3 Å². The van der Waals surface area contributed by atoms with Crippen LogP contribution in [0.3, 0.4) is 0 Å². The van der Waals surface area contributed by atoms with Crippen LogP contribution in [0.2, 0.25) is 0 Å². The van der Waals surface area contributed by atoms with Crippen LogP contribution in [0, 0.1) is 0 Å². The van der Waals surface area contributed by atoms with Gasteiger partial charge < -0.3 is 0 Å². The van der Waals surface area contributed by atoms with Gasteiger partial charge in [0.2, 0.25) is 10.0 Å². The third kappa shape index (κ3) is 3.87. The Labute approximate surface area is 151 Å². The Morgan fingerprint density at radius 2 is 1.88 bits per heavy atom. The summed E-state index contributed by atoms with van der Waals surface area (Å²) in [6.45, 7) is 3.16. The first-order valence-corrected chi connectivity index (χ1v) is 9.43. The molecule has 1 atom stereocenters. The van der Waals surface area contributed by atoms with E-state index in [0.29, 0.717) is 5.56 Å². The minimum absolute atomic E-state index is 0.0660. The predicted molar refractivity (Wildman–Crippen MR) is 96.5 cm³/mol. The van der Waals surface area contributed by atoms with Crippen molar-refractivity contribution < 1.29 is 13.2 Å². The number of ketones is 1. The molecule has 0 spiro atoms. The molecule has 0 aliphatic heterocycles. The van der Waals surface area contributed by atoms with Gasteiger partial charge in [0, 0.05) is 11.6 Å². The summed E-state index contributed by atoms with van der Waals surface area (Å²) in [7, 11) is -3.75. The van der Waals surface area contributed by atoms with Crippen LogP contribution in [-0.2, 0) is 10.0 Å². The summed E-state index contributed by atoms with van der Waals surface area (Å²) in [6, 6.07) is 12.9. The number of carbonyl (C=O) groups is 1. The number of hydrogen-bond donors (Lipinski definition) is 1. The Morgan fingerprint density at radius 1 is 1.15 bits per heavy atom. The summed E-state index contributed by atoms with van der Waals surface area (Å²) < 4.78 is 29.5. The van der Waals surface area contributed by atoms with Gasteiger partial charge in [0.1, 0.15) is 12.7 Å². The maximum atomic E-state index is 12.6. The van der Waals surface area contributed by atoms with Crippen molar-refractivity contribution >= 4 is 15.8 Å². The normalized spacial score (nSPS) is 12.7. The molecule has 2 aromatic carbocycles. The standard InChI is InChI=1S/C18H18N4O3S/c1-13(15-6-8-17(9-7-15)22-12-19-11-20-22)21-26(24,25)18-5-3-4-16(10-18)14(2)23/h3-13,21H,1-2H3/t13-/m0/s1. The lowest BCUT2D eigenvalue weighted by Gasteiger charge is -2.15. The zero-order valence-corrected chi connectivity index (χ0v) is 15.1. The number of nitrogens with one attached hydrogen (secondary N) is 1. The van der Waals surface area contributed by atoms with Gasteiger partial charge in [-0.25, -0.2) is 22.8 Å². The Bertz CT molecular complexity index is 1010. The SMILES string of the molecule is CC(=O)c1cccc(S(=O)(=O)N[C@@H](C)c2ccc(-n3cncn3)cc2)c1. The fourth-order valence-corrected chi connectivity index (χ4v) is 3.79. The Kier molecular flexibility index (Phi) is 4.97. The van der Waals surface area contributed by atoms with E-state index in [1.807, 2.05) is 24.3 Å². The summed E-state index contributed by atoms with van der Waals surface area (Å²) in [4.78, 5) is 15.4. The number of sulfonamides is 1. The molecular formula is C18H18N4O3S. The summed E-state index contributed by atoms with van der Waals surface area (Å²) >= 11 is 0. The molecule has 0 saturated heterocycles. The smallest absolute Gasteiger partial charge is 0.241 e. The molecule has 1 heterocycles. The average Bonchev–Trinajstić information content (AvgIpc) is 3.16. The van der Waals surface area contributed by atoms with E-state index < -0.39 is 16.1 Å². The van der Waals surface area contributed by atoms with Gasteiger partial charge in [0.05, 0.1) is 10.6 Å². The minimum Gasteiger partial charge on any atom is -0.295 e. The topological polar surface area (TPSA) is 94.0 Å². The van der Waals surface area contributed by atoms with Crippen molar-refractivity contribution in [2.45, 2.75) is 24.8 Å². The van der Waals surface area contributed by atoms with E-state index in [1.165, 1.54) is 25.4 Å². The maximum absolute atomic E-state index is 12.6. The van der Waals surface area contributed by atoms with Gasteiger partial charge in [-0.3, -0.25) is 4.79 Å². The molecule has 0 unspecified atom stereocenters.